The third kappa shape index (κ3) is 3.92. The summed E-state index contributed by atoms with van der Waals surface area (Å²) in [6.45, 7) is 0.428. The van der Waals surface area contributed by atoms with Crippen molar-refractivity contribution in [3.05, 3.63) is 53.6 Å². The number of rotatable bonds is 5. The molecule has 21 heavy (non-hydrogen) atoms. The van der Waals surface area contributed by atoms with Gasteiger partial charge in [-0.3, -0.25) is 4.79 Å². The van der Waals surface area contributed by atoms with Crippen LogP contribution in [0.15, 0.2) is 47.4 Å². The van der Waals surface area contributed by atoms with Gasteiger partial charge in [-0.15, -0.1) is 11.8 Å². The van der Waals surface area contributed by atoms with Gasteiger partial charge in [-0.1, -0.05) is 6.07 Å². The van der Waals surface area contributed by atoms with Gasteiger partial charge in [0.1, 0.15) is 5.75 Å². The van der Waals surface area contributed by atoms with Crippen LogP contribution in [-0.2, 0) is 6.54 Å². The number of methoxy groups -OCH3 is 1. The topological polar surface area (TPSA) is 64.3 Å². The van der Waals surface area contributed by atoms with Crippen LogP contribution in [0.25, 0.3) is 0 Å². The Balaban J connectivity index is 1.98. The molecule has 2 aromatic rings. The first kappa shape index (κ1) is 15.3. The first-order chi connectivity index (χ1) is 10.1. The summed E-state index contributed by atoms with van der Waals surface area (Å²) in [6, 6.07) is 13.0. The van der Waals surface area contributed by atoms with Gasteiger partial charge < -0.3 is 15.8 Å². The maximum atomic E-state index is 12.1. The van der Waals surface area contributed by atoms with Crippen LogP contribution in [0.1, 0.15) is 15.9 Å². The molecular weight excluding hydrogens is 284 g/mol. The number of benzene rings is 2. The Bertz CT molecular complexity index is 627. The zero-order valence-corrected chi connectivity index (χ0v) is 12.9. The number of hydrogen-bond acceptors (Lipinski definition) is 4. The highest BCUT2D eigenvalue weighted by Crippen LogP contribution is 2.21. The standard InChI is InChI=1S/C16H18N2O2S/c1-20-15-8-3-11(9-14(15)17)10-18-16(19)12-4-6-13(21-2)7-5-12/h3-9H,10,17H2,1-2H3,(H,18,19). The van der Waals surface area contributed by atoms with E-state index in [1.807, 2.05) is 36.6 Å². The van der Waals surface area contributed by atoms with E-state index in [1.54, 1.807) is 31.0 Å². The number of nitrogens with one attached hydrogen (secondary N) is 1. The predicted octanol–water partition coefficient (Wildman–Crippen LogP) is 2.93. The Kier molecular flexibility index (Phi) is 5.11. The summed E-state index contributed by atoms with van der Waals surface area (Å²) in [5, 5.41) is 2.88. The van der Waals surface area contributed by atoms with E-state index in [2.05, 4.69) is 5.32 Å². The molecule has 3 N–H and O–H groups in total. The van der Waals surface area contributed by atoms with E-state index in [4.69, 9.17) is 10.5 Å². The summed E-state index contributed by atoms with van der Waals surface area (Å²) in [5.74, 6) is 0.537. The number of ether oxygens (including phenoxy) is 1. The quantitative estimate of drug-likeness (QED) is 0.658. The summed E-state index contributed by atoms with van der Waals surface area (Å²) >= 11 is 1.65. The first-order valence-electron chi connectivity index (χ1n) is 6.48. The second-order valence-corrected chi connectivity index (χ2v) is 5.37. The zero-order valence-electron chi connectivity index (χ0n) is 12.1. The normalized spacial score (nSPS) is 10.2. The van der Waals surface area contributed by atoms with E-state index in [1.165, 1.54) is 0 Å². The highest BCUT2D eigenvalue weighted by atomic mass is 32.2. The highest BCUT2D eigenvalue weighted by Gasteiger charge is 2.06. The lowest BCUT2D eigenvalue weighted by molar-refractivity contribution is 0.0951. The van der Waals surface area contributed by atoms with Gasteiger partial charge in [-0.05, 0) is 48.2 Å². The van der Waals surface area contributed by atoms with Crippen LogP contribution in [0.2, 0.25) is 0 Å². The van der Waals surface area contributed by atoms with Crippen molar-refractivity contribution in [3.8, 4) is 5.75 Å². The summed E-state index contributed by atoms with van der Waals surface area (Å²) in [4.78, 5) is 13.2. The molecule has 0 atom stereocenters. The molecule has 1 amide bonds. The summed E-state index contributed by atoms with van der Waals surface area (Å²) < 4.78 is 5.10. The summed E-state index contributed by atoms with van der Waals surface area (Å²) in [5.41, 5.74) is 7.99. The second kappa shape index (κ2) is 7.04. The molecule has 0 saturated heterocycles. The van der Waals surface area contributed by atoms with Crippen LogP contribution >= 0.6 is 11.8 Å². The lowest BCUT2D eigenvalue weighted by Gasteiger charge is -2.09. The number of nitrogens with two attached hydrogens (primary N) is 1. The van der Waals surface area contributed by atoms with Crippen LogP contribution < -0.4 is 15.8 Å². The third-order valence-corrected chi connectivity index (χ3v) is 3.84. The fourth-order valence-corrected chi connectivity index (χ4v) is 2.33. The molecule has 0 heterocycles. The highest BCUT2D eigenvalue weighted by molar-refractivity contribution is 7.98. The molecule has 0 radical (unpaired) electrons. The predicted molar refractivity (Wildman–Crippen MR) is 86.8 cm³/mol. The molecule has 0 bridgehead atoms. The first-order valence-corrected chi connectivity index (χ1v) is 7.71. The number of nitrogen functional groups attached to an aromatic ring is 1. The molecule has 0 saturated carbocycles. The number of carbonyl (C=O) groups excluding carboxylic acids is 1. The van der Waals surface area contributed by atoms with Gasteiger partial charge in [-0.2, -0.15) is 0 Å². The van der Waals surface area contributed by atoms with Gasteiger partial charge in [0, 0.05) is 17.0 Å². The molecule has 0 aliphatic heterocycles. The van der Waals surface area contributed by atoms with Crippen LogP contribution in [-0.4, -0.2) is 19.3 Å². The maximum absolute atomic E-state index is 12.1. The van der Waals surface area contributed by atoms with Crippen LogP contribution in [0, 0.1) is 0 Å². The molecular formula is C16H18N2O2S. The van der Waals surface area contributed by atoms with Gasteiger partial charge in [0.25, 0.3) is 5.91 Å². The molecule has 0 aliphatic carbocycles. The van der Waals surface area contributed by atoms with E-state index in [0.717, 1.165) is 10.5 Å². The van der Waals surface area contributed by atoms with Crippen molar-refractivity contribution in [2.24, 2.45) is 0 Å². The van der Waals surface area contributed by atoms with Crippen LogP contribution in [0.3, 0.4) is 0 Å². The van der Waals surface area contributed by atoms with Crippen LogP contribution in [0.4, 0.5) is 5.69 Å². The molecule has 5 heteroatoms. The van der Waals surface area contributed by atoms with E-state index < -0.39 is 0 Å². The van der Waals surface area contributed by atoms with E-state index in [-0.39, 0.29) is 5.91 Å². The SMILES string of the molecule is COc1ccc(CNC(=O)c2ccc(SC)cc2)cc1N. The number of hydrogen-bond donors (Lipinski definition) is 2. The fraction of sp³-hybridized carbons (Fsp3) is 0.188. The summed E-state index contributed by atoms with van der Waals surface area (Å²) in [6.07, 6.45) is 2.00. The van der Waals surface area contributed by atoms with E-state index >= 15 is 0 Å². The number of amides is 1. The summed E-state index contributed by atoms with van der Waals surface area (Å²) in [7, 11) is 1.57. The van der Waals surface area contributed by atoms with Crippen molar-refractivity contribution >= 4 is 23.4 Å². The molecule has 0 aliphatic rings. The Labute approximate surface area is 128 Å². The lowest BCUT2D eigenvalue weighted by atomic mass is 10.1. The van der Waals surface area contributed by atoms with E-state index in [9.17, 15) is 4.79 Å². The molecule has 4 nitrogen and oxygen atoms in total. The lowest BCUT2D eigenvalue weighted by Crippen LogP contribution is -2.22. The number of carbonyl (C=O) groups is 1. The average Bonchev–Trinajstić information content (AvgIpc) is 2.52. The van der Waals surface area contributed by atoms with Gasteiger partial charge in [-0.25, -0.2) is 0 Å². The smallest absolute Gasteiger partial charge is 0.251 e. The molecule has 0 unspecified atom stereocenters. The minimum atomic E-state index is -0.1000. The molecule has 2 rings (SSSR count). The van der Waals surface area contributed by atoms with Gasteiger partial charge in [0.15, 0.2) is 0 Å². The minimum absolute atomic E-state index is 0.1000. The van der Waals surface area contributed by atoms with E-state index in [0.29, 0.717) is 23.5 Å². The van der Waals surface area contributed by atoms with Crippen molar-refractivity contribution in [2.45, 2.75) is 11.4 Å². The van der Waals surface area contributed by atoms with Crippen molar-refractivity contribution in [3.63, 3.8) is 0 Å². The maximum Gasteiger partial charge on any atom is 0.251 e. The molecule has 0 aromatic heterocycles. The molecule has 110 valence electrons. The van der Waals surface area contributed by atoms with Crippen molar-refractivity contribution < 1.29 is 9.53 Å². The Hall–Kier alpha value is -2.14. The molecule has 2 aromatic carbocycles. The fourth-order valence-electron chi connectivity index (χ4n) is 1.92. The van der Waals surface area contributed by atoms with Gasteiger partial charge in [0.2, 0.25) is 0 Å². The molecule has 0 fully saturated rings. The average molecular weight is 302 g/mol. The number of thioether (sulfide) groups is 1. The Morgan fingerprint density at radius 2 is 1.95 bits per heavy atom. The third-order valence-electron chi connectivity index (χ3n) is 3.10. The second-order valence-electron chi connectivity index (χ2n) is 4.49. The number of anilines is 1. The van der Waals surface area contributed by atoms with Gasteiger partial charge in [0.05, 0.1) is 12.8 Å². The van der Waals surface area contributed by atoms with Crippen molar-refractivity contribution in [2.75, 3.05) is 19.1 Å². The monoisotopic (exact) mass is 302 g/mol. The Morgan fingerprint density at radius 1 is 1.24 bits per heavy atom. The Morgan fingerprint density at radius 3 is 2.52 bits per heavy atom. The van der Waals surface area contributed by atoms with Crippen LogP contribution in [0.5, 0.6) is 5.75 Å². The zero-order chi connectivity index (χ0) is 15.2. The molecule has 0 spiro atoms. The van der Waals surface area contributed by atoms with Crippen molar-refractivity contribution in [1.82, 2.24) is 5.32 Å². The minimum Gasteiger partial charge on any atom is -0.495 e. The largest absolute Gasteiger partial charge is 0.495 e. The van der Waals surface area contributed by atoms with Crippen molar-refractivity contribution in [1.29, 1.82) is 0 Å². The van der Waals surface area contributed by atoms with Gasteiger partial charge >= 0.3 is 0 Å².